The van der Waals surface area contributed by atoms with Gasteiger partial charge in [-0.3, -0.25) is 9.97 Å². The van der Waals surface area contributed by atoms with Crippen LogP contribution in [0.4, 0.5) is 28.4 Å². The number of anilines is 5. The zero-order chi connectivity index (χ0) is 41.1. The van der Waals surface area contributed by atoms with Gasteiger partial charge in [-0.15, -0.1) is 0 Å². The minimum atomic E-state index is -0.0466. The van der Waals surface area contributed by atoms with Crippen LogP contribution in [-0.4, -0.2) is 9.97 Å². The minimum absolute atomic E-state index is 0.0466. The van der Waals surface area contributed by atoms with Gasteiger partial charge in [0.15, 0.2) is 0 Å². The summed E-state index contributed by atoms with van der Waals surface area (Å²) in [6, 6.07) is 63.5. The maximum Gasteiger partial charge on any atom is 0.0706 e. The van der Waals surface area contributed by atoms with Gasteiger partial charge in [-0.05, 0) is 101 Å². The molecule has 0 aliphatic carbocycles. The molecule has 0 unspecified atom stereocenters. The summed E-state index contributed by atoms with van der Waals surface area (Å²) < 4.78 is 1.05. The van der Waals surface area contributed by atoms with Crippen LogP contribution < -0.4 is 10.2 Å². The third kappa shape index (κ3) is 7.83. The smallest absolute Gasteiger partial charge is 0.0706 e. The van der Waals surface area contributed by atoms with E-state index in [9.17, 15) is 0 Å². The lowest BCUT2D eigenvalue weighted by Crippen LogP contribution is -2.30. The van der Waals surface area contributed by atoms with Gasteiger partial charge in [0, 0.05) is 37.8 Å². The molecule has 5 heteroatoms. The van der Waals surface area contributed by atoms with Crippen molar-refractivity contribution in [1.29, 1.82) is 0 Å². The predicted octanol–water partition coefficient (Wildman–Crippen LogP) is 15.1. The maximum absolute atomic E-state index is 4.96. The Hall–Kier alpha value is -6.30. The van der Waals surface area contributed by atoms with Crippen molar-refractivity contribution in [2.45, 2.75) is 52.4 Å². The van der Waals surface area contributed by atoms with E-state index in [-0.39, 0.29) is 10.8 Å². The molecule has 2 aromatic heterocycles. The van der Waals surface area contributed by atoms with Gasteiger partial charge in [0.2, 0.25) is 0 Å². The summed E-state index contributed by atoms with van der Waals surface area (Å²) in [4.78, 5) is 11.8. The first-order valence-electron chi connectivity index (χ1n) is 20.2. The van der Waals surface area contributed by atoms with Gasteiger partial charge in [-0.25, -0.2) is 0 Å². The average Bonchev–Trinajstić information content (AvgIpc) is 3.26. The van der Waals surface area contributed by atoms with E-state index >= 15 is 0 Å². The molecule has 0 atom stereocenters. The molecule has 10 rings (SSSR count). The quantitative estimate of drug-likeness (QED) is 0.193. The summed E-state index contributed by atoms with van der Waals surface area (Å²) in [6.07, 6.45) is 0. The van der Waals surface area contributed by atoms with Crippen LogP contribution in [0.3, 0.4) is 0 Å². The standard InChI is InChI=1S/C27H24N2.C15H15N.C12H10BrN/c1-19-24(18-17-23(28-19)20-11-5-4-6-12-20)29-25-15-9-7-13-21(25)27(2,3)22-14-8-10-16-26(22)29;1-15(2)11-7-3-5-9-13(11)16-14-10-6-4-8-12(14)15;1-9-11(13)7-8-12(14-9)10-5-3-2-4-6-10/h4-18H,1-3H3;3-10,16H,1-2H3;2-8H,1H3. The molecule has 4 nitrogen and oxygen atoms in total. The fourth-order valence-corrected chi connectivity index (χ4v) is 8.59. The molecule has 292 valence electrons. The zero-order valence-electron chi connectivity index (χ0n) is 34.5. The summed E-state index contributed by atoms with van der Waals surface area (Å²) in [5, 5.41) is 3.50. The number of pyridine rings is 2. The molecule has 4 heterocycles. The van der Waals surface area contributed by atoms with Gasteiger partial charge in [0.05, 0.1) is 39.8 Å². The molecule has 6 aromatic carbocycles. The van der Waals surface area contributed by atoms with Crippen molar-refractivity contribution in [3.8, 4) is 22.5 Å². The molecule has 2 aliphatic rings. The molecule has 59 heavy (non-hydrogen) atoms. The largest absolute Gasteiger partial charge is 0.355 e. The molecule has 8 aromatic rings. The number of halogens is 1. The first-order chi connectivity index (χ1) is 28.5. The molecule has 2 aliphatic heterocycles. The van der Waals surface area contributed by atoms with Gasteiger partial charge in [-0.2, -0.15) is 0 Å². The number of nitrogens with zero attached hydrogens (tertiary/aromatic N) is 3. The zero-order valence-corrected chi connectivity index (χ0v) is 36.1. The minimum Gasteiger partial charge on any atom is -0.355 e. The molecule has 0 saturated carbocycles. The normalized spacial score (nSPS) is 13.7. The van der Waals surface area contributed by atoms with Gasteiger partial charge in [-0.1, -0.05) is 161 Å². The van der Waals surface area contributed by atoms with E-state index < -0.39 is 0 Å². The van der Waals surface area contributed by atoms with Crippen molar-refractivity contribution in [1.82, 2.24) is 9.97 Å². The fourth-order valence-electron chi connectivity index (χ4n) is 8.37. The maximum atomic E-state index is 4.96. The highest BCUT2D eigenvalue weighted by molar-refractivity contribution is 9.10. The first-order valence-corrected chi connectivity index (χ1v) is 21.0. The Bertz CT molecular complexity index is 2640. The monoisotopic (exact) mass is 832 g/mol. The Morgan fingerprint density at radius 2 is 0.797 bits per heavy atom. The molecule has 0 saturated heterocycles. The number of benzene rings is 6. The summed E-state index contributed by atoms with van der Waals surface area (Å²) >= 11 is 3.44. The second-order valence-electron chi connectivity index (χ2n) is 16.1. The van der Waals surface area contributed by atoms with E-state index in [0.717, 1.165) is 44.1 Å². The Kier molecular flexibility index (Phi) is 11.1. The number of aromatic nitrogens is 2. The van der Waals surface area contributed by atoms with Crippen molar-refractivity contribution < 1.29 is 0 Å². The van der Waals surface area contributed by atoms with E-state index in [1.807, 2.05) is 43.3 Å². The van der Waals surface area contributed by atoms with Crippen LogP contribution in [-0.2, 0) is 10.8 Å². The Morgan fingerprint density at radius 1 is 0.407 bits per heavy atom. The van der Waals surface area contributed by atoms with Gasteiger partial charge < -0.3 is 10.2 Å². The summed E-state index contributed by atoms with van der Waals surface area (Å²) in [5.74, 6) is 0. The lowest BCUT2D eigenvalue weighted by atomic mass is 9.73. The Labute approximate surface area is 357 Å². The molecular formula is C54H49BrN4. The summed E-state index contributed by atoms with van der Waals surface area (Å²) in [6.45, 7) is 13.3. The van der Waals surface area contributed by atoms with E-state index in [0.29, 0.717) is 0 Å². The highest BCUT2D eigenvalue weighted by Crippen LogP contribution is 2.52. The molecular weight excluding hydrogens is 785 g/mol. The summed E-state index contributed by atoms with van der Waals surface area (Å²) in [7, 11) is 0. The SMILES string of the molecule is CC1(C)c2ccccc2Nc2ccccc21.Cc1nc(-c2ccccc2)ccc1Br.Cc1nc(-c2ccccc2)ccc1N1c2ccccc2C(C)(C)c2ccccc21. The lowest BCUT2D eigenvalue weighted by Gasteiger charge is -2.42. The fraction of sp³-hybridized carbons (Fsp3) is 0.148. The highest BCUT2D eigenvalue weighted by atomic mass is 79.9. The molecule has 0 radical (unpaired) electrons. The second-order valence-corrected chi connectivity index (χ2v) is 17.0. The Balaban J connectivity index is 0.000000136. The van der Waals surface area contributed by atoms with Crippen molar-refractivity contribution in [2.24, 2.45) is 0 Å². The predicted molar refractivity (Wildman–Crippen MR) is 252 cm³/mol. The van der Waals surface area contributed by atoms with Crippen LogP contribution in [0.5, 0.6) is 0 Å². The molecule has 0 spiro atoms. The van der Waals surface area contributed by atoms with Crippen LogP contribution in [0.2, 0.25) is 0 Å². The highest BCUT2D eigenvalue weighted by Gasteiger charge is 2.37. The van der Waals surface area contributed by atoms with Crippen molar-refractivity contribution in [3.63, 3.8) is 0 Å². The number of nitrogens with one attached hydrogen (secondary N) is 1. The van der Waals surface area contributed by atoms with Crippen LogP contribution in [0.1, 0.15) is 61.3 Å². The molecule has 0 amide bonds. The number of para-hydroxylation sites is 4. The number of rotatable bonds is 3. The number of aryl methyl sites for hydroxylation is 2. The van der Waals surface area contributed by atoms with Gasteiger partial charge >= 0.3 is 0 Å². The summed E-state index contributed by atoms with van der Waals surface area (Å²) in [5.41, 5.74) is 17.9. The molecule has 0 bridgehead atoms. The van der Waals surface area contributed by atoms with E-state index in [1.54, 1.807) is 0 Å². The van der Waals surface area contributed by atoms with E-state index in [2.05, 4.69) is 211 Å². The number of hydrogen-bond acceptors (Lipinski definition) is 4. The van der Waals surface area contributed by atoms with Crippen molar-refractivity contribution in [2.75, 3.05) is 10.2 Å². The van der Waals surface area contributed by atoms with E-state index in [1.165, 1.54) is 45.0 Å². The lowest BCUT2D eigenvalue weighted by molar-refractivity contribution is 0.631. The third-order valence-electron chi connectivity index (χ3n) is 11.6. The number of hydrogen-bond donors (Lipinski definition) is 1. The van der Waals surface area contributed by atoms with Crippen LogP contribution in [0, 0.1) is 13.8 Å². The third-order valence-corrected chi connectivity index (χ3v) is 12.4. The van der Waals surface area contributed by atoms with Crippen molar-refractivity contribution >= 4 is 44.4 Å². The number of fused-ring (bicyclic) bond motifs is 4. The van der Waals surface area contributed by atoms with Crippen LogP contribution in [0.25, 0.3) is 22.5 Å². The second kappa shape index (κ2) is 16.5. The Morgan fingerprint density at radius 3 is 1.27 bits per heavy atom. The van der Waals surface area contributed by atoms with Gasteiger partial charge in [0.1, 0.15) is 0 Å². The van der Waals surface area contributed by atoms with Crippen LogP contribution in [0.15, 0.2) is 186 Å². The molecule has 1 N–H and O–H groups in total. The first kappa shape index (κ1) is 39.5. The topological polar surface area (TPSA) is 41.1 Å². The van der Waals surface area contributed by atoms with Crippen LogP contribution >= 0.6 is 15.9 Å². The average molecular weight is 834 g/mol. The van der Waals surface area contributed by atoms with E-state index in [4.69, 9.17) is 4.98 Å². The molecule has 0 fully saturated rings. The van der Waals surface area contributed by atoms with Crippen molar-refractivity contribution in [3.05, 3.63) is 220 Å². The van der Waals surface area contributed by atoms with Gasteiger partial charge in [0.25, 0.3) is 0 Å².